The van der Waals surface area contributed by atoms with Gasteiger partial charge in [0, 0.05) is 5.41 Å². The van der Waals surface area contributed by atoms with Gasteiger partial charge >= 0.3 is 0 Å². The lowest BCUT2D eigenvalue weighted by atomic mass is 9.47. The maximum Gasteiger partial charge on any atom is 0.0633 e. The Morgan fingerprint density at radius 1 is 1.14 bits per heavy atom. The van der Waals surface area contributed by atoms with Crippen molar-refractivity contribution in [1.82, 2.24) is 0 Å². The Bertz CT molecular complexity index is 470. The van der Waals surface area contributed by atoms with Crippen molar-refractivity contribution in [3.05, 3.63) is 11.6 Å². The van der Waals surface area contributed by atoms with Gasteiger partial charge in [0.25, 0.3) is 0 Å². The molecule has 0 amide bonds. The summed E-state index contributed by atoms with van der Waals surface area (Å²) in [6, 6.07) is 0. The SMILES string of the molecule is C[C@]12CC[C@@H]3[C@@H](CC=C4CCCC(O)[C@@]43C)[C@@H]1CC(O)C2. The van der Waals surface area contributed by atoms with Crippen LogP contribution in [0, 0.1) is 28.6 Å². The summed E-state index contributed by atoms with van der Waals surface area (Å²) in [5.41, 5.74) is 1.92. The van der Waals surface area contributed by atoms with Crippen molar-refractivity contribution >= 4 is 0 Å². The molecule has 4 aliphatic carbocycles. The molecule has 0 radical (unpaired) electrons. The fraction of sp³-hybridized carbons (Fsp3) is 0.895. The van der Waals surface area contributed by atoms with Gasteiger partial charge in [0.1, 0.15) is 0 Å². The molecule has 0 bridgehead atoms. The first-order valence-corrected chi connectivity index (χ1v) is 9.01. The van der Waals surface area contributed by atoms with Gasteiger partial charge in [-0.15, -0.1) is 0 Å². The van der Waals surface area contributed by atoms with Crippen LogP contribution in [0.2, 0.25) is 0 Å². The Labute approximate surface area is 128 Å². The lowest BCUT2D eigenvalue weighted by molar-refractivity contribution is -0.0814. The minimum atomic E-state index is -0.152. The molecule has 3 saturated carbocycles. The van der Waals surface area contributed by atoms with Crippen LogP contribution in [-0.4, -0.2) is 22.4 Å². The van der Waals surface area contributed by atoms with Crippen molar-refractivity contribution in [2.45, 2.75) is 77.4 Å². The highest BCUT2D eigenvalue weighted by molar-refractivity contribution is 5.26. The summed E-state index contributed by atoms with van der Waals surface area (Å²) in [6.45, 7) is 4.75. The third-order valence-electron chi connectivity index (χ3n) is 7.90. The third kappa shape index (κ3) is 1.84. The highest BCUT2D eigenvalue weighted by atomic mass is 16.3. The van der Waals surface area contributed by atoms with Crippen molar-refractivity contribution in [3.8, 4) is 0 Å². The van der Waals surface area contributed by atoms with Gasteiger partial charge in [-0.2, -0.15) is 0 Å². The van der Waals surface area contributed by atoms with E-state index in [0.29, 0.717) is 23.2 Å². The molecule has 0 aromatic carbocycles. The van der Waals surface area contributed by atoms with Crippen molar-refractivity contribution in [2.75, 3.05) is 0 Å². The monoisotopic (exact) mass is 290 g/mol. The van der Waals surface area contributed by atoms with E-state index in [1.807, 2.05) is 0 Å². The van der Waals surface area contributed by atoms with Gasteiger partial charge in [0.15, 0.2) is 0 Å². The molecule has 0 heterocycles. The molecule has 3 fully saturated rings. The number of fused-ring (bicyclic) bond motifs is 5. The van der Waals surface area contributed by atoms with E-state index in [1.165, 1.54) is 25.7 Å². The lowest BCUT2D eigenvalue weighted by Crippen LogP contribution is -2.53. The fourth-order valence-electron chi connectivity index (χ4n) is 6.74. The summed E-state index contributed by atoms with van der Waals surface area (Å²) in [5.74, 6) is 1.98. The molecule has 2 heteroatoms. The van der Waals surface area contributed by atoms with Crippen molar-refractivity contribution in [1.29, 1.82) is 0 Å². The number of aliphatic hydroxyl groups excluding tert-OH is 2. The zero-order valence-corrected chi connectivity index (χ0v) is 13.5. The fourth-order valence-corrected chi connectivity index (χ4v) is 6.74. The van der Waals surface area contributed by atoms with Gasteiger partial charge in [-0.1, -0.05) is 25.5 Å². The predicted molar refractivity (Wildman–Crippen MR) is 83.7 cm³/mol. The summed E-state index contributed by atoms with van der Waals surface area (Å²) >= 11 is 0. The second-order valence-corrected chi connectivity index (χ2v) is 8.82. The summed E-state index contributed by atoms with van der Waals surface area (Å²) in [4.78, 5) is 0. The van der Waals surface area contributed by atoms with Crippen LogP contribution in [0.15, 0.2) is 11.6 Å². The van der Waals surface area contributed by atoms with E-state index in [-0.39, 0.29) is 17.6 Å². The van der Waals surface area contributed by atoms with Gasteiger partial charge < -0.3 is 10.2 Å². The number of rotatable bonds is 0. The van der Waals surface area contributed by atoms with Crippen LogP contribution in [0.25, 0.3) is 0 Å². The Morgan fingerprint density at radius 2 is 1.95 bits per heavy atom. The molecule has 4 rings (SSSR count). The van der Waals surface area contributed by atoms with Crippen LogP contribution in [-0.2, 0) is 0 Å². The minimum absolute atomic E-state index is 0.0238. The first-order valence-electron chi connectivity index (χ1n) is 9.01. The Morgan fingerprint density at radius 3 is 2.76 bits per heavy atom. The van der Waals surface area contributed by atoms with Gasteiger partial charge in [0.2, 0.25) is 0 Å². The molecule has 2 nitrogen and oxygen atoms in total. The Kier molecular flexibility index (Phi) is 3.11. The molecule has 118 valence electrons. The van der Waals surface area contributed by atoms with Crippen LogP contribution in [0.1, 0.15) is 65.2 Å². The molecule has 0 aromatic rings. The van der Waals surface area contributed by atoms with Gasteiger partial charge in [-0.3, -0.25) is 0 Å². The van der Waals surface area contributed by atoms with Crippen molar-refractivity contribution in [3.63, 3.8) is 0 Å². The largest absolute Gasteiger partial charge is 0.393 e. The second-order valence-electron chi connectivity index (χ2n) is 8.82. The molecule has 0 spiro atoms. The molecule has 2 unspecified atom stereocenters. The highest BCUT2D eigenvalue weighted by Crippen LogP contribution is 2.64. The number of aliphatic hydroxyl groups is 2. The van der Waals surface area contributed by atoms with Crippen LogP contribution in [0.5, 0.6) is 0 Å². The molecule has 21 heavy (non-hydrogen) atoms. The molecule has 0 saturated heterocycles. The van der Waals surface area contributed by atoms with E-state index >= 15 is 0 Å². The normalized spacial score (nSPS) is 56.2. The van der Waals surface area contributed by atoms with Gasteiger partial charge in [-0.25, -0.2) is 0 Å². The molecular formula is C19H30O2. The standard InChI is InChI=1S/C19H30O2/c1-18-9-8-15-14(16(18)10-13(20)11-18)7-6-12-4-3-5-17(21)19(12,15)2/h6,13-17,20-21H,3-5,7-11H2,1-2H3/t13?,14-,15-,16+,17?,18-,19+/m1/s1. The highest BCUT2D eigenvalue weighted by Gasteiger charge is 2.58. The number of allylic oxidation sites excluding steroid dienone is 1. The smallest absolute Gasteiger partial charge is 0.0633 e. The quantitative estimate of drug-likeness (QED) is 0.668. The van der Waals surface area contributed by atoms with Crippen molar-refractivity contribution < 1.29 is 10.2 Å². The van der Waals surface area contributed by atoms with Crippen LogP contribution in [0.4, 0.5) is 0 Å². The Hall–Kier alpha value is -0.340. The first-order chi connectivity index (χ1) is 9.95. The zero-order chi connectivity index (χ0) is 14.8. The molecule has 0 aromatic heterocycles. The summed E-state index contributed by atoms with van der Waals surface area (Å²) in [7, 11) is 0. The van der Waals surface area contributed by atoms with E-state index in [2.05, 4.69) is 19.9 Å². The van der Waals surface area contributed by atoms with E-state index < -0.39 is 0 Å². The summed E-state index contributed by atoms with van der Waals surface area (Å²) < 4.78 is 0. The maximum absolute atomic E-state index is 10.8. The van der Waals surface area contributed by atoms with E-state index in [4.69, 9.17) is 0 Å². The van der Waals surface area contributed by atoms with Crippen LogP contribution >= 0.6 is 0 Å². The van der Waals surface area contributed by atoms with Crippen molar-refractivity contribution in [2.24, 2.45) is 28.6 Å². The maximum atomic E-state index is 10.8. The second kappa shape index (κ2) is 4.58. The number of hydrogen-bond donors (Lipinski definition) is 2. The van der Waals surface area contributed by atoms with Gasteiger partial charge in [0.05, 0.1) is 12.2 Å². The lowest BCUT2D eigenvalue weighted by Gasteiger charge is -2.58. The van der Waals surface area contributed by atoms with E-state index in [9.17, 15) is 10.2 Å². The molecule has 7 atom stereocenters. The number of hydrogen-bond acceptors (Lipinski definition) is 2. The van der Waals surface area contributed by atoms with Gasteiger partial charge in [-0.05, 0) is 74.5 Å². The van der Waals surface area contributed by atoms with E-state index in [1.54, 1.807) is 5.57 Å². The minimum Gasteiger partial charge on any atom is -0.393 e. The average Bonchev–Trinajstić information content (AvgIpc) is 2.74. The summed E-state index contributed by atoms with van der Waals surface area (Å²) in [5, 5.41) is 21.0. The van der Waals surface area contributed by atoms with E-state index in [0.717, 1.165) is 25.7 Å². The topological polar surface area (TPSA) is 40.5 Å². The summed E-state index contributed by atoms with van der Waals surface area (Å²) in [6.07, 6.45) is 11.2. The third-order valence-corrected chi connectivity index (χ3v) is 7.90. The molecule has 2 N–H and O–H groups in total. The molecular weight excluding hydrogens is 260 g/mol. The molecule has 0 aliphatic heterocycles. The average molecular weight is 290 g/mol. The zero-order valence-electron chi connectivity index (χ0n) is 13.5. The van der Waals surface area contributed by atoms with Crippen LogP contribution in [0.3, 0.4) is 0 Å². The predicted octanol–water partition coefficient (Wildman–Crippen LogP) is 3.67. The van der Waals surface area contributed by atoms with Crippen LogP contribution < -0.4 is 0 Å². The first kappa shape index (κ1) is 14.3. The Balaban J connectivity index is 1.71. The molecule has 4 aliphatic rings.